The van der Waals surface area contributed by atoms with Gasteiger partial charge in [0, 0.05) is 55.9 Å². The molecule has 1 aliphatic carbocycles. The topological polar surface area (TPSA) is 101 Å². The number of aromatic nitrogens is 1. The van der Waals surface area contributed by atoms with Gasteiger partial charge >= 0.3 is 12.4 Å². The summed E-state index contributed by atoms with van der Waals surface area (Å²) >= 11 is 0. The molecule has 2 aromatic carbocycles. The lowest BCUT2D eigenvalue weighted by Gasteiger charge is -2.35. The van der Waals surface area contributed by atoms with E-state index in [2.05, 4.69) is 15.2 Å². The zero-order valence-electron chi connectivity index (χ0n) is 24.0. The van der Waals surface area contributed by atoms with Crippen molar-refractivity contribution in [2.45, 2.75) is 56.7 Å². The van der Waals surface area contributed by atoms with Crippen LogP contribution in [-0.2, 0) is 28.4 Å². The quantitative estimate of drug-likeness (QED) is 0.176. The van der Waals surface area contributed by atoms with Gasteiger partial charge < -0.3 is 15.0 Å². The van der Waals surface area contributed by atoms with Gasteiger partial charge in [-0.25, -0.2) is 0 Å². The smallest absolute Gasteiger partial charge is 0.382 e. The van der Waals surface area contributed by atoms with E-state index >= 15 is 0 Å². The molecular formula is C30H31F6N5O4. The van der Waals surface area contributed by atoms with Crippen LogP contribution in [0, 0.1) is 10.1 Å². The van der Waals surface area contributed by atoms with Gasteiger partial charge in [-0.15, -0.1) is 0 Å². The van der Waals surface area contributed by atoms with Crippen molar-refractivity contribution in [3.63, 3.8) is 0 Å². The Kier molecular flexibility index (Phi) is 9.49. The van der Waals surface area contributed by atoms with Crippen molar-refractivity contribution in [1.82, 2.24) is 14.8 Å². The van der Waals surface area contributed by atoms with Crippen molar-refractivity contribution < 1.29 is 40.8 Å². The first-order valence-corrected chi connectivity index (χ1v) is 14.5. The predicted octanol–water partition coefficient (Wildman–Crippen LogP) is 6.26. The molecule has 15 heteroatoms. The van der Waals surface area contributed by atoms with Crippen LogP contribution in [0.5, 0.6) is 0 Å². The highest BCUT2D eigenvalue weighted by molar-refractivity contribution is 5.79. The molecule has 45 heavy (non-hydrogen) atoms. The molecule has 242 valence electrons. The number of hydrogen-bond donors (Lipinski definition) is 1. The number of ether oxygens (including phenoxy) is 1. The van der Waals surface area contributed by atoms with Gasteiger partial charge in [0.15, 0.2) is 0 Å². The number of nitro groups is 1. The number of piperazine rings is 1. The molecular weight excluding hydrogens is 608 g/mol. The molecule has 0 radical (unpaired) electrons. The summed E-state index contributed by atoms with van der Waals surface area (Å²) in [6.07, 6.45) is -7.09. The number of anilines is 1. The van der Waals surface area contributed by atoms with Crippen LogP contribution in [0.25, 0.3) is 10.9 Å². The van der Waals surface area contributed by atoms with E-state index in [1.807, 2.05) is 0 Å². The number of alkyl halides is 6. The summed E-state index contributed by atoms with van der Waals surface area (Å²) in [6, 6.07) is 9.75. The molecule has 2 fully saturated rings. The minimum Gasteiger partial charge on any atom is -0.382 e. The maximum absolute atomic E-state index is 13.3. The number of benzene rings is 2. The fourth-order valence-electron chi connectivity index (χ4n) is 5.71. The minimum atomic E-state index is -4.85. The van der Waals surface area contributed by atoms with E-state index in [1.165, 1.54) is 12.1 Å². The van der Waals surface area contributed by atoms with Gasteiger partial charge in [0.1, 0.15) is 12.2 Å². The summed E-state index contributed by atoms with van der Waals surface area (Å²) < 4.78 is 85.0. The average Bonchev–Trinajstić information content (AvgIpc) is 2.99. The SMILES string of the molecule is O=C(CO[C@H]1CC[C@H](Nc2ccc([N+](=O)[O-])c(C(F)(F)F)c2)CC1)N1CCN(Cc2ccc3ccc(C(F)(F)F)cc3n2)CC1. The molecule has 3 aromatic rings. The lowest BCUT2D eigenvalue weighted by molar-refractivity contribution is -0.388. The Hall–Kier alpha value is -3.98. The molecule has 1 N–H and O–H groups in total. The number of nitrogens with zero attached hydrogens (tertiary/aromatic N) is 4. The lowest BCUT2D eigenvalue weighted by atomic mass is 9.92. The number of hydrogen-bond acceptors (Lipinski definition) is 7. The molecule has 1 amide bonds. The zero-order chi connectivity index (χ0) is 32.4. The van der Waals surface area contributed by atoms with Gasteiger partial charge in [0.2, 0.25) is 5.91 Å². The Morgan fingerprint density at radius 1 is 0.933 bits per heavy atom. The molecule has 1 saturated heterocycles. The number of nitrogens with one attached hydrogen (secondary N) is 1. The van der Waals surface area contributed by atoms with E-state index in [0.717, 1.165) is 24.3 Å². The van der Waals surface area contributed by atoms with E-state index in [9.17, 15) is 41.3 Å². The molecule has 0 bridgehead atoms. The van der Waals surface area contributed by atoms with Crippen LogP contribution in [0.2, 0.25) is 0 Å². The summed E-state index contributed by atoms with van der Waals surface area (Å²) in [5.41, 5.74) is -1.97. The van der Waals surface area contributed by atoms with Crippen LogP contribution in [0.4, 0.5) is 37.7 Å². The largest absolute Gasteiger partial charge is 0.423 e. The van der Waals surface area contributed by atoms with Crippen molar-refractivity contribution in [3.8, 4) is 0 Å². The fourth-order valence-corrected chi connectivity index (χ4v) is 5.71. The number of amides is 1. The normalized spacial score (nSPS) is 19.9. The Labute approximate surface area is 254 Å². The number of rotatable bonds is 8. The van der Waals surface area contributed by atoms with E-state index in [1.54, 1.807) is 17.0 Å². The second-order valence-electron chi connectivity index (χ2n) is 11.3. The molecule has 1 aliphatic heterocycles. The zero-order valence-corrected chi connectivity index (χ0v) is 24.0. The second-order valence-corrected chi connectivity index (χ2v) is 11.3. The summed E-state index contributed by atoms with van der Waals surface area (Å²) in [4.78, 5) is 30.9. The first-order valence-electron chi connectivity index (χ1n) is 14.5. The summed E-state index contributed by atoms with van der Waals surface area (Å²) in [5, 5.41) is 14.6. The van der Waals surface area contributed by atoms with Crippen molar-refractivity contribution in [2.24, 2.45) is 0 Å². The molecule has 0 atom stereocenters. The molecule has 0 unspecified atom stereocenters. The van der Waals surface area contributed by atoms with E-state index in [0.29, 0.717) is 69.5 Å². The lowest BCUT2D eigenvalue weighted by Crippen LogP contribution is -2.49. The first kappa shape index (κ1) is 32.4. The Morgan fingerprint density at radius 2 is 1.62 bits per heavy atom. The highest BCUT2D eigenvalue weighted by Gasteiger charge is 2.38. The standard InChI is InChI=1S/C30H31F6N5O4/c31-29(32,33)20-3-1-19-2-4-23(38-26(19)15-20)17-39-11-13-40(14-12-39)28(42)18-45-24-8-5-21(6-9-24)37-22-7-10-27(41(43)44)25(16-22)30(34,35)36/h1-4,7,10,15-16,21,24,37H,5-6,8-9,11-14,17-18H2/t21-,24-. The van der Waals surface area contributed by atoms with Gasteiger partial charge in [-0.1, -0.05) is 12.1 Å². The minimum absolute atomic E-state index is 0.0895. The summed E-state index contributed by atoms with van der Waals surface area (Å²) in [5.74, 6) is -0.149. The Morgan fingerprint density at radius 3 is 2.27 bits per heavy atom. The molecule has 5 rings (SSSR count). The Bertz CT molecular complexity index is 1530. The van der Waals surface area contributed by atoms with Gasteiger partial charge in [-0.3, -0.25) is 24.8 Å². The predicted molar refractivity (Wildman–Crippen MR) is 152 cm³/mol. The van der Waals surface area contributed by atoms with Crippen LogP contribution >= 0.6 is 0 Å². The van der Waals surface area contributed by atoms with E-state index < -0.39 is 34.1 Å². The monoisotopic (exact) mass is 639 g/mol. The number of carbonyl (C=O) groups is 1. The van der Waals surface area contributed by atoms with Crippen molar-refractivity contribution >= 4 is 28.2 Å². The number of pyridine rings is 1. The highest BCUT2D eigenvalue weighted by Crippen LogP contribution is 2.38. The molecule has 1 saturated carbocycles. The first-order chi connectivity index (χ1) is 21.3. The third kappa shape index (κ3) is 8.19. The number of nitro benzene ring substituents is 1. The number of carbonyl (C=O) groups excluding carboxylic acids is 1. The molecule has 2 aliphatic rings. The maximum Gasteiger partial charge on any atom is 0.423 e. The third-order valence-corrected chi connectivity index (χ3v) is 8.17. The third-order valence-electron chi connectivity index (χ3n) is 8.17. The number of fused-ring (bicyclic) bond motifs is 1. The number of halogens is 6. The van der Waals surface area contributed by atoms with Crippen LogP contribution in [0.15, 0.2) is 48.5 Å². The summed E-state index contributed by atoms with van der Waals surface area (Å²) in [7, 11) is 0. The van der Waals surface area contributed by atoms with Gasteiger partial charge in [-0.05, 0) is 56.0 Å². The van der Waals surface area contributed by atoms with Gasteiger partial charge in [-0.2, -0.15) is 26.3 Å². The van der Waals surface area contributed by atoms with Crippen molar-refractivity contribution in [3.05, 3.63) is 75.5 Å². The van der Waals surface area contributed by atoms with Crippen molar-refractivity contribution in [1.29, 1.82) is 0 Å². The molecule has 1 aromatic heterocycles. The summed E-state index contributed by atoms with van der Waals surface area (Å²) in [6.45, 7) is 2.44. The van der Waals surface area contributed by atoms with Crippen molar-refractivity contribution in [2.75, 3.05) is 38.1 Å². The van der Waals surface area contributed by atoms with Crippen LogP contribution in [0.1, 0.15) is 42.5 Å². The van der Waals surface area contributed by atoms with Crippen LogP contribution in [-0.4, -0.2) is 70.5 Å². The highest BCUT2D eigenvalue weighted by atomic mass is 19.4. The van der Waals surface area contributed by atoms with Gasteiger partial charge in [0.25, 0.3) is 5.69 Å². The Balaban J connectivity index is 1.04. The molecule has 0 spiro atoms. The van der Waals surface area contributed by atoms with Crippen LogP contribution < -0.4 is 5.32 Å². The van der Waals surface area contributed by atoms with Gasteiger partial charge in [0.05, 0.1) is 27.8 Å². The van der Waals surface area contributed by atoms with E-state index in [4.69, 9.17) is 4.74 Å². The fraction of sp³-hybridized carbons (Fsp3) is 0.467. The second kappa shape index (κ2) is 13.2. The van der Waals surface area contributed by atoms with E-state index in [-0.39, 0.29) is 35.9 Å². The molecule has 2 heterocycles. The molecule has 9 nitrogen and oxygen atoms in total. The maximum atomic E-state index is 13.3. The average molecular weight is 640 g/mol. The van der Waals surface area contributed by atoms with Crippen LogP contribution in [0.3, 0.4) is 0 Å².